The van der Waals surface area contributed by atoms with Gasteiger partial charge in [0.25, 0.3) is 0 Å². The highest BCUT2D eigenvalue weighted by Crippen LogP contribution is 2.40. The number of aryl methyl sites for hydroxylation is 1. The maximum absolute atomic E-state index is 14.5. The number of carboxylic acids is 1. The predicted octanol–water partition coefficient (Wildman–Crippen LogP) is 3.39. The third-order valence-electron chi connectivity index (χ3n) is 4.83. The van der Waals surface area contributed by atoms with Crippen molar-refractivity contribution >= 4 is 22.6 Å². The molecule has 2 heterocycles. The number of rotatable bonds is 4. The second kappa shape index (κ2) is 6.51. The summed E-state index contributed by atoms with van der Waals surface area (Å²) in [7, 11) is 3.25. The molecular formula is C20H18FN3O3. The molecule has 0 saturated heterocycles. The first kappa shape index (κ1) is 17.2. The van der Waals surface area contributed by atoms with Crippen molar-refractivity contribution in [1.29, 1.82) is 0 Å². The molecule has 4 rings (SSSR count). The van der Waals surface area contributed by atoms with E-state index < -0.39 is 17.9 Å². The highest BCUT2D eigenvalue weighted by atomic mass is 19.1. The number of hydrogen-bond donors (Lipinski definition) is 1. The lowest BCUT2D eigenvalue weighted by Crippen LogP contribution is -2.28. The van der Waals surface area contributed by atoms with Crippen molar-refractivity contribution in [2.24, 2.45) is 7.05 Å². The first-order chi connectivity index (χ1) is 13.0. The van der Waals surface area contributed by atoms with E-state index in [9.17, 15) is 14.3 Å². The van der Waals surface area contributed by atoms with E-state index in [1.54, 1.807) is 27.9 Å². The molecule has 0 amide bonds. The van der Waals surface area contributed by atoms with Crippen LogP contribution in [0.4, 0.5) is 10.1 Å². The average Bonchev–Trinajstić information content (AvgIpc) is 3.02. The van der Waals surface area contributed by atoms with Gasteiger partial charge in [0.05, 0.1) is 23.0 Å². The van der Waals surface area contributed by atoms with Crippen LogP contribution in [0.25, 0.3) is 10.9 Å². The lowest BCUT2D eigenvalue weighted by atomic mass is 9.95. The van der Waals surface area contributed by atoms with Crippen molar-refractivity contribution in [3.63, 3.8) is 0 Å². The molecule has 1 aromatic heterocycles. The van der Waals surface area contributed by atoms with Crippen molar-refractivity contribution in [2.75, 3.05) is 12.0 Å². The van der Waals surface area contributed by atoms with Gasteiger partial charge >= 0.3 is 5.97 Å². The summed E-state index contributed by atoms with van der Waals surface area (Å²) in [6.07, 6.45) is 2.35. The van der Waals surface area contributed by atoms with Crippen molar-refractivity contribution in [1.82, 2.24) is 9.78 Å². The number of ether oxygens (including phenoxy) is 1. The quantitative estimate of drug-likeness (QED) is 0.766. The van der Waals surface area contributed by atoms with E-state index in [1.165, 1.54) is 19.4 Å². The minimum absolute atomic E-state index is 0.00226. The molecule has 138 valence electrons. The SMILES string of the molecule is COC1C(C(=O)O)=CN(Cc2ccc3c(cnn3C)c2)c2cccc(F)c21. The second-order valence-electron chi connectivity index (χ2n) is 6.47. The van der Waals surface area contributed by atoms with Gasteiger partial charge in [-0.1, -0.05) is 12.1 Å². The molecule has 1 N–H and O–H groups in total. The lowest BCUT2D eigenvalue weighted by molar-refractivity contribution is -0.134. The van der Waals surface area contributed by atoms with E-state index >= 15 is 0 Å². The molecule has 0 fully saturated rings. The molecule has 0 spiro atoms. The molecule has 1 aliphatic heterocycles. The zero-order valence-corrected chi connectivity index (χ0v) is 14.9. The van der Waals surface area contributed by atoms with Gasteiger partial charge in [-0.25, -0.2) is 9.18 Å². The Morgan fingerprint density at radius 3 is 2.89 bits per heavy atom. The predicted molar refractivity (Wildman–Crippen MR) is 98.8 cm³/mol. The number of fused-ring (bicyclic) bond motifs is 2. The molecule has 6 nitrogen and oxygen atoms in total. The summed E-state index contributed by atoms with van der Waals surface area (Å²) < 4.78 is 21.6. The van der Waals surface area contributed by atoms with E-state index in [1.807, 2.05) is 25.2 Å². The molecule has 3 aromatic rings. The Hall–Kier alpha value is -3.19. The number of carboxylic acid groups (broad SMARTS) is 1. The third kappa shape index (κ3) is 2.86. The monoisotopic (exact) mass is 367 g/mol. The maximum atomic E-state index is 14.5. The average molecular weight is 367 g/mol. The second-order valence-corrected chi connectivity index (χ2v) is 6.47. The molecule has 0 saturated carbocycles. The summed E-state index contributed by atoms with van der Waals surface area (Å²) in [6.45, 7) is 0.397. The van der Waals surface area contributed by atoms with Crippen molar-refractivity contribution in [3.8, 4) is 0 Å². The molecule has 1 atom stereocenters. The number of methoxy groups -OCH3 is 1. The van der Waals surface area contributed by atoms with E-state index in [2.05, 4.69) is 5.10 Å². The normalized spacial score (nSPS) is 16.3. The van der Waals surface area contributed by atoms with Crippen LogP contribution >= 0.6 is 0 Å². The van der Waals surface area contributed by atoms with Crippen LogP contribution in [0.5, 0.6) is 0 Å². The molecule has 1 unspecified atom stereocenters. The number of benzene rings is 2. The molecule has 7 heteroatoms. The van der Waals surface area contributed by atoms with Crippen LogP contribution in [-0.2, 0) is 23.1 Å². The number of anilines is 1. The van der Waals surface area contributed by atoms with Gasteiger partial charge in [-0.3, -0.25) is 4.68 Å². The summed E-state index contributed by atoms with van der Waals surface area (Å²) in [5, 5.41) is 14.8. The summed E-state index contributed by atoms with van der Waals surface area (Å²) in [5.41, 5.74) is 2.80. The largest absolute Gasteiger partial charge is 0.478 e. The van der Waals surface area contributed by atoms with Gasteiger partial charge in [0.15, 0.2) is 0 Å². The van der Waals surface area contributed by atoms with Crippen LogP contribution < -0.4 is 4.90 Å². The van der Waals surface area contributed by atoms with Gasteiger partial charge in [0.1, 0.15) is 11.9 Å². The van der Waals surface area contributed by atoms with Crippen LogP contribution in [0, 0.1) is 5.82 Å². The fourth-order valence-corrected chi connectivity index (χ4v) is 3.55. The molecule has 0 aliphatic carbocycles. The van der Waals surface area contributed by atoms with E-state index in [0.717, 1.165) is 16.5 Å². The van der Waals surface area contributed by atoms with Gasteiger partial charge in [-0.05, 0) is 29.8 Å². The van der Waals surface area contributed by atoms with Crippen LogP contribution in [0.1, 0.15) is 17.2 Å². The first-order valence-electron chi connectivity index (χ1n) is 8.43. The Labute approximate surface area is 155 Å². The molecule has 1 aliphatic rings. The fraction of sp³-hybridized carbons (Fsp3) is 0.200. The molecule has 0 bridgehead atoms. The Balaban J connectivity index is 1.79. The lowest BCUT2D eigenvalue weighted by Gasteiger charge is -2.33. The topological polar surface area (TPSA) is 67.6 Å². The minimum Gasteiger partial charge on any atom is -0.478 e. The molecule has 27 heavy (non-hydrogen) atoms. The van der Waals surface area contributed by atoms with Gasteiger partial charge in [-0.15, -0.1) is 0 Å². The molecule has 2 aromatic carbocycles. The number of carbonyl (C=O) groups is 1. The minimum atomic E-state index is -1.14. The zero-order valence-electron chi connectivity index (χ0n) is 14.9. The third-order valence-corrected chi connectivity index (χ3v) is 4.83. The number of aromatic nitrogens is 2. The van der Waals surface area contributed by atoms with Gasteiger partial charge in [0, 0.05) is 37.9 Å². The Morgan fingerprint density at radius 2 is 2.15 bits per heavy atom. The summed E-state index contributed by atoms with van der Waals surface area (Å²) in [4.78, 5) is 13.5. The van der Waals surface area contributed by atoms with E-state index in [-0.39, 0.29) is 11.1 Å². The standard InChI is InChI=1S/C20H18FN3O3/c1-23-16-7-6-12(8-13(16)9-22-23)10-24-11-14(20(25)26)19(27-2)18-15(21)4-3-5-17(18)24/h3-9,11,19H,10H2,1-2H3,(H,25,26). The van der Waals surface area contributed by atoms with Crippen LogP contribution in [0.15, 0.2) is 54.4 Å². The maximum Gasteiger partial charge on any atom is 0.336 e. The number of halogens is 1. The fourth-order valence-electron chi connectivity index (χ4n) is 3.55. The number of aliphatic carboxylic acids is 1. The Kier molecular flexibility index (Phi) is 4.16. The summed E-state index contributed by atoms with van der Waals surface area (Å²) >= 11 is 0. The highest BCUT2D eigenvalue weighted by molar-refractivity contribution is 5.90. The summed E-state index contributed by atoms with van der Waals surface area (Å²) in [6, 6.07) is 10.6. The van der Waals surface area contributed by atoms with Crippen molar-refractivity contribution in [2.45, 2.75) is 12.6 Å². The van der Waals surface area contributed by atoms with Crippen LogP contribution in [-0.4, -0.2) is 28.0 Å². The van der Waals surface area contributed by atoms with Crippen molar-refractivity contribution < 1.29 is 19.0 Å². The molecular weight excluding hydrogens is 349 g/mol. The number of hydrogen-bond acceptors (Lipinski definition) is 4. The summed E-state index contributed by atoms with van der Waals surface area (Å²) in [5.74, 6) is -1.62. The Bertz CT molecular complexity index is 1070. The van der Waals surface area contributed by atoms with Crippen LogP contribution in [0.2, 0.25) is 0 Å². The van der Waals surface area contributed by atoms with Gasteiger partial charge in [0.2, 0.25) is 0 Å². The zero-order chi connectivity index (χ0) is 19.1. The smallest absolute Gasteiger partial charge is 0.336 e. The Morgan fingerprint density at radius 1 is 1.33 bits per heavy atom. The van der Waals surface area contributed by atoms with Crippen LogP contribution in [0.3, 0.4) is 0 Å². The first-order valence-corrected chi connectivity index (χ1v) is 8.43. The highest BCUT2D eigenvalue weighted by Gasteiger charge is 2.33. The van der Waals surface area contributed by atoms with Gasteiger partial charge < -0.3 is 14.7 Å². The van der Waals surface area contributed by atoms with E-state index in [0.29, 0.717) is 12.2 Å². The van der Waals surface area contributed by atoms with Crippen molar-refractivity contribution in [3.05, 3.63) is 71.3 Å². The molecule has 0 radical (unpaired) electrons. The van der Waals surface area contributed by atoms with E-state index in [4.69, 9.17) is 4.74 Å². The number of nitrogens with zero attached hydrogens (tertiary/aromatic N) is 3. The van der Waals surface area contributed by atoms with Gasteiger partial charge in [-0.2, -0.15) is 5.10 Å².